The zero-order chi connectivity index (χ0) is 15.4. The number of ether oxygens (including phenoxy) is 1. The lowest BCUT2D eigenvalue weighted by molar-refractivity contribution is -0.0498. The van der Waals surface area contributed by atoms with Crippen molar-refractivity contribution >= 4 is 0 Å². The molecule has 0 spiro atoms. The van der Waals surface area contributed by atoms with Crippen molar-refractivity contribution in [2.45, 2.75) is 39.0 Å². The summed E-state index contributed by atoms with van der Waals surface area (Å²) < 4.78 is 30.1. The topological polar surface area (TPSA) is 60.2 Å². The Labute approximate surface area is 121 Å². The minimum absolute atomic E-state index is 0.0614. The van der Waals surface area contributed by atoms with Gasteiger partial charge in [0.2, 0.25) is 0 Å². The van der Waals surface area contributed by atoms with Crippen LogP contribution in [0.3, 0.4) is 0 Å². The monoisotopic (exact) mass is 297 g/mol. The fourth-order valence-electron chi connectivity index (χ4n) is 2.01. The molecule has 1 atom stereocenters. The van der Waals surface area contributed by atoms with Gasteiger partial charge in [-0.3, -0.25) is 0 Å². The third kappa shape index (κ3) is 3.98. The lowest BCUT2D eigenvalue weighted by atomic mass is 10.1. The summed E-state index contributed by atoms with van der Waals surface area (Å²) in [7, 11) is 0. The molecule has 1 aromatic carbocycles. The molecule has 5 nitrogen and oxygen atoms in total. The number of halogens is 2. The van der Waals surface area contributed by atoms with E-state index in [0.717, 1.165) is 0 Å². The molecule has 1 aromatic heterocycles. The van der Waals surface area contributed by atoms with E-state index >= 15 is 0 Å². The maximum atomic E-state index is 12.1. The highest BCUT2D eigenvalue weighted by Crippen LogP contribution is 2.22. The molecule has 2 aromatic rings. The first-order chi connectivity index (χ1) is 9.97. The average molecular weight is 297 g/mol. The molecular formula is C14H17F2N3O2. The first-order valence-corrected chi connectivity index (χ1v) is 6.58. The van der Waals surface area contributed by atoms with Gasteiger partial charge in [-0.25, -0.2) is 9.67 Å². The van der Waals surface area contributed by atoms with E-state index in [4.69, 9.17) is 0 Å². The standard InChI is InChI=1S/C14H17F2N3O2/c1-9(2)19-13(17-8-18-19)7-12(20)10-3-5-11(6-4-10)21-14(15)16/h3-6,8-9,12,14,20H,7H2,1-2H3. The van der Waals surface area contributed by atoms with Crippen LogP contribution < -0.4 is 4.74 Å². The van der Waals surface area contributed by atoms with Crippen LogP contribution in [0.1, 0.15) is 37.4 Å². The van der Waals surface area contributed by atoms with E-state index in [1.165, 1.54) is 18.5 Å². The number of hydrogen-bond donors (Lipinski definition) is 1. The summed E-state index contributed by atoms with van der Waals surface area (Å²) in [4.78, 5) is 4.13. The van der Waals surface area contributed by atoms with E-state index in [2.05, 4.69) is 14.8 Å². The van der Waals surface area contributed by atoms with Crippen LogP contribution in [0.4, 0.5) is 8.78 Å². The molecule has 0 aliphatic carbocycles. The number of aromatic nitrogens is 3. The Morgan fingerprint density at radius 1 is 1.24 bits per heavy atom. The lowest BCUT2D eigenvalue weighted by Gasteiger charge is -2.14. The fourth-order valence-corrected chi connectivity index (χ4v) is 2.01. The number of alkyl halides is 2. The molecule has 114 valence electrons. The molecule has 1 unspecified atom stereocenters. The molecule has 7 heteroatoms. The summed E-state index contributed by atoms with van der Waals surface area (Å²) in [5.41, 5.74) is 0.606. The minimum atomic E-state index is -2.86. The van der Waals surface area contributed by atoms with Crippen LogP contribution in [0, 0.1) is 0 Å². The summed E-state index contributed by atoms with van der Waals surface area (Å²) >= 11 is 0. The normalized spacial score (nSPS) is 12.9. The quantitative estimate of drug-likeness (QED) is 0.890. The molecule has 0 radical (unpaired) electrons. The molecule has 21 heavy (non-hydrogen) atoms. The number of hydrogen-bond acceptors (Lipinski definition) is 4. The van der Waals surface area contributed by atoms with Crippen LogP contribution in [0.25, 0.3) is 0 Å². The summed E-state index contributed by atoms with van der Waals surface area (Å²) in [6.45, 7) is 1.09. The van der Waals surface area contributed by atoms with Gasteiger partial charge in [-0.05, 0) is 31.5 Å². The molecule has 0 fully saturated rings. The summed E-state index contributed by atoms with van der Waals surface area (Å²) in [5, 5.41) is 14.3. The molecule has 1 heterocycles. The smallest absolute Gasteiger partial charge is 0.387 e. The number of benzene rings is 1. The number of aliphatic hydroxyl groups excluding tert-OH is 1. The van der Waals surface area contributed by atoms with Crippen molar-refractivity contribution in [3.05, 3.63) is 42.0 Å². The van der Waals surface area contributed by atoms with Gasteiger partial charge in [-0.15, -0.1) is 0 Å². The van der Waals surface area contributed by atoms with Crippen LogP contribution in [-0.4, -0.2) is 26.5 Å². The van der Waals surface area contributed by atoms with Crippen LogP contribution >= 0.6 is 0 Å². The second-order valence-corrected chi connectivity index (χ2v) is 4.88. The molecule has 1 N–H and O–H groups in total. The van der Waals surface area contributed by atoms with E-state index in [-0.39, 0.29) is 11.8 Å². The third-order valence-corrected chi connectivity index (χ3v) is 3.00. The molecule has 0 aliphatic rings. The van der Waals surface area contributed by atoms with Crippen molar-refractivity contribution in [1.29, 1.82) is 0 Å². The molecule has 2 rings (SSSR count). The summed E-state index contributed by atoms with van der Waals surface area (Å²) in [6, 6.07) is 6.06. The van der Waals surface area contributed by atoms with Gasteiger partial charge in [0.25, 0.3) is 0 Å². The third-order valence-electron chi connectivity index (χ3n) is 3.00. The predicted octanol–water partition coefficient (Wildman–Crippen LogP) is 2.74. The summed E-state index contributed by atoms with van der Waals surface area (Å²) in [6.07, 6.45) is 0.960. The Morgan fingerprint density at radius 2 is 1.90 bits per heavy atom. The molecule has 0 bridgehead atoms. The van der Waals surface area contributed by atoms with Crippen molar-refractivity contribution in [2.75, 3.05) is 0 Å². The second-order valence-electron chi connectivity index (χ2n) is 4.88. The molecule has 0 aliphatic heterocycles. The first-order valence-electron chi connectivity index (χ1n) is 6.58. The molecule has 0 saturated heterocycles. The van der Waals surface area contributed by atoms with Gasteiger partial charge in [0.15, 0.2) is 0 Å². The zero-order valence-corrected chi connectivity index (χ0v) is 11.8. The van der Waals surface area contributed by atoms with Gasteiger partial charge in [0.1, 0.15) is 17.9 Å². The number of aliphatic hydroxyl groups is 1. The molecule has 0 saturated carbocycles. The van der Waals surface area contributed by atoms with E-state index in [1.54, 1.807) is 16.8 Å². The van der Waals surface area contributed by atoms with Crippen molar-refractivity contribution in [3.8, 4) is 5.75 Å². The maximum absolute atomic E-state index is 12.1. The SMILES string of the molecule is CC(C)n1ncnc1CC(O)c1ccc(OC(F)F)cc1. The minimum Gasteiger partial charge on any atom is -0.435 e. The number of nitrogens with zero attached hydrogens (tertiary/aromatic N) is 3. The molecular weight excluding hydrogens is 280 g/mol. The van der Waals surface area contributed by atoms with E-state index in [0.29, 0.717) is 17.8 Å². The highest BCUT2D eigenvalue weighted by Gasteiger charge is 2.15. The Morgan fingerprint density at radius 3 is 2.48 bits per heavy atom. The van der Waals surface area contributed by atoms with E-state index in [9.17, 15) is 13.9 Å². The zero-order valence-electron chi connectivity index (χ0n) is 11.8. The van der Waals surface area contributed by atoms with Crippen LogP contribution in [0.2, 0.25) is 0 Å². The van der Waals surface area contributed by atoms with E-state index < -0.39 is 12.7 Å². The first kappa shape index (κ1) is 15.4. The van der Waals surface area contributed by atoms with Crippen molar-refractivity contribution < 1.29 is 18.6 Å². The average Bonchev–Trinajstić information content (AvgIpc) is 2.87. The largest absolute Gasteiger partial charge is 0.435 e. The highest BCUT2D eigenvalue weighted by molar-refractivity contribution is 5.28. The van der Waals surface area contributed by atoms with Crippen LogP contribution in [-0.2, 0) is 6.42 Å². The molecule has 0 amide bonds. The number of rotatable bonds is 6. The van der Waals surface area contributed by atoms with Crippen molar-refractivity contribution in [3.63, 3.8) is 0 Å². The summed E-state index contributed by atoms with van der Waals surface area (Å²) in [5.74, 6) is 0.733. The fraction of sp³-hybridized carbons (Fsp3) is 0.429. The van der Waals surface area contributed by atoms with Gasteiger partial charge in [0.05, 0.1) is 6.10 Å². The Balaban J connectivity index is 2.06. The van der Waals surface area contributed by atoms with Gasteiger partial charge in [-0.2, -0.15) is 13.9 Å². The van der Waals surface area contributed by atoms with Crippen molar-refractivity contribution in [2.24, 2.45) is 0 Å². The van der Waals surface area contributed by atoms with Crippen LogP contribution in [0.15, 0.2) is 30.6 Å². The van der Waals surface area contributed by atoms with Crippen LogP contribution in [0.5, 0.6) is 5.75 Å². The Bertz CT molecular complexity index is 570. The maximum Gasteiger partial charge on any atom is 0.387 e. The van der Waals surface area contributed by atoms with Gasteiger partial charge in [0, 0.05) is 12.5 Å². The highest BCUT2D eigenvalue weighted by atomic mass is 19.3. The lowest BCUT2D eigenvalue weighted by Crippen LogP contribution is -2.12. The van der Waals surface area contributed by atoms with Gasteiger partial charge in [-0.1, -0.05) is 12.1 Å². The van der Waals surface area contributed by atoms with Gasteiger partial charge >= 0.3 is 6.61 Å². The van der Waals surface area contributed by atoms with Crippen molar-refractivity contribution in [1.82, 2.24) is 14.8 Å². The second kappa shape index (κ2) is 6.62. The van der Waals surface area contributed by atoms with E-state index in [1.807, 2.05) is 13.8 Å². The Kier molecular flexibility index (Phi) is 4.85. The predicted molar refractivity (Wildman–Crippen MR) is 72.1 cm³/mol. The van der Waals surface area contributed by atoms with Gasteiger partial charge < -0.3 is 9.84 Å². The Hall–Kier alpha value is -2.02.